The molecule has 2 heterocycles. The molecular weight excluding hydrogens is 246 g/mol. The topological polar surface area (TPSA) is 56.8 Å². The van der Waals surface area contributed by atoms with E-state index in [4.69, 9.17) is 14.2 Å². The minimum Gasteiger partial charge on any atom is -0.454 e. The van der Waals surface area contributed by atoms with Crippen molar-refractivity contribution in [3.63, 3.8) is 0 Å². The Morgan fingerprint density at radius 2 is 2.21 bits per heavy atom. The van der Waals surface area contributed by atoms with Crippen molar-refractivity contribution in [2.45, 2.75) is 13.3 Å². The van der Waals surface area contributed by atoms with Gasteiger partial charge in [0.25, 0.3) is 5.91 Å². The van der Waals surface area contributed by atoms with Crippen molar-refractivity contribution in [3.8, 4) is 11.5 Å². The molecule has 0 aromatic heterocycles. The highest BCUT2D eigenvalue weighted by Gasteiger charge is 2.30. The van der Waals surface area contributed by atoms with Gasteiger partial charge in [-0.25, -0.2) is 0 Å². The molecule has 0 bridgehead atoms. The summed E-state index contributed by atoms with van der Waals surface area (Å²) in [5, 5.41) is 2.96. The average molecular weight is 263 g/mol. The molecule has 1 aromatic rings. The molecule has 2 aliphatic rings. The number of ether oxygens (including phenoxy) is 3. The summed E-state index contributed by atoms with van der Waals surface area (Å²) >= 11 is 0. The third-order valence-electron chi connectivity index (χ3n) is 3.61. The molecule has 5 nitrogen and oxygen atoms in total. The Bertz CT molecular complexity index is 494. The summed E-state index contributed by atoms with van der Waals surface area (Å²) in [4.78, 5) is 12.1. The van der Waals surface area contributed by atoms with Crippen LogP contribution in [0.1, 0.15) is 23.7 Å². The molecule has 102 valence electrons. The van der Waals surface area contributed by atoms with E-state index in [2.05, 4.69) is 12.2 Å². The molecular formula is C14H17NO4. The summed E-state index contributed by atoms with van der Waals surface area (Å²) in [6.45, 7) is 4.45. The SMILES string of the molecule is C[C@]1(CNC(=O)c2ccc3c(c2)OCO3)CCOC1. The fraction of sp³-hybridized carbons (Fsp3) is 0.500. The predicted octanol–water partition coefficient (Wildman–Crippen LogP) is 1.57. The summed E-state index contributed by atoms with van der Waals surface area (Å²) in [5.41, 5.74) is 0.637. The quantitative estimate of drug-likeness (QED) is 0.899. The van der Waals surface area contributed by atoms with Crippen LogP contribution in [0.5, 0.6) is 11.5 Å². The number of amides is 1. The number of nitrogens with one attached hydrogen (secondary N) is 1. The van der Waals surface area contributed by atoms with Crippen LogP contribution in [-0.2, 0) is 4.74 Å². The maximum atomic E-state index is 12.1. The second-order valence-corrected chi connectivity index (χ2v) is 5.36. The number of rotatable bonds is 3. The Hall–Kier alpha value is -1.75. The fourth-order valence-corrected chi connectivity index (χ4v) is 2.28. The van der Waals surface area contributed by atoms with Gasteiger partial charge in [-0.3, -0.25) is 4.79 Å². The zero-order valence-corrected chi connectivity index (χ0v) is 10.9. The lowest BCUT2D eigenvalue weighted by molar-refractivity contribution is 0.0924. The summed E-state index contributed by atoms with van der Waals surface area (Å²) in [5.74, 6) is 1.22. The minimum atomic E-state index is -0.0913. The Balaban J connectivity index is 1.64. The number of fused-ring (bicyclic) bond motifs is 1. The molecule has 0 radical (unpaired) electrons. The van der Waals surface area contributed by atoms with Gasteiger partial charge in [-0.2, -0.15) is 0 Å². The summed E-state index contributed by atoms with van der Waals surface area (Å²) in [6, 6.07) is 5.22. The first-order chi connectivity index (χ1) is 9.16. The molecule has 19 heavy (non-hydrogen) atoms. The molecule has 3 rings (SSSR count). The first-order valence-electron chi connectivity index (χ1n) is 6.42. The van der Waals surface area contributed by atoms with Crippen LogP contribution in [0.4, 0.5) is 0 Å². The molecule has 1 aromatic carbocycles. The van der Waals surface area contributed by atoms with Crippen molar-refractivity contribution >= 4 is 5.91 Å². The van der Waals surface area contributed by atoms with Gasteiger partial charge in [0.05, 0.1) is 6.61 Å². The van der Waals surface area contributed by atoms with Crippen LogP contribution in [0, 0.1) is 5.41 Å². The molecule has 1 amide bonds. The Labute approximate surface area is 111 Å². The Kier molecular flexibility index (Phi) is 3.06. The standard InChI is InChI=1S/C14H17NO4/c1-14(4-5-17-8-14)7-15-13(16)10-2-3-11-12(6-10)19-9-18-11/h2-3,6H,4-5,7-9H2,1H3,(H,15,16)/t14-/m1/s1. The van der Waals surface area contributed by atoms with E-state index in [1.165, 1.54) is 0 Å². The zero-order valence-electron chi connectivity index (χ0n) is 10.9. The molecule has 0 aliphatic carbocycles. The van der Waals surface area contributed by atoms with Crippen molar-refractivity contribution in [3.05, 3.63) is 23.8 Å². The summed E-state index contributed by atoms with van der Waals surface area (Å²) in [7, 11) is 0. The van der Waals surface area contributed by atoms with Gasteiger partial charge in [0.1, 0.15) is 0 Å². The smallest absolute Gasteiger partial charge is 0.251 e. The number of benzene rings is 1. The Morgan fingerprint density at radius 1 is 1.37 bits per heavy atom. The third kappa shape index (κ3) is 2.51. The van der Waals surface area contributed by atoms with Crippen LogP contribution in [0.3, 0.4) is 0 Å². The fourth-order valence-electron chi connectivity index (χ4n) is 2.28. The summed E-state index contributed by atoms with van der Waals surface area (Å²) in [6.07, 6.45) is 0.981. The van der Waals surface area contributed by atoms with E-state index in [1.54, 1.807) is 18.2 Å². The van der Waals surface area contributed by atoms with Gasteiger partial charge in [0.2, 0.25) is 6.79 Å². The van der Waals surface area contributed by atoms with E-state index in [0.717, 1.165) is 13.0 Å². The van der Waals surface area contributed by atoms with Crippen molar-refractivity contribution in [2.24, 2.45) is 5.41 Å². The zero-order chi connectivity index (χ0) is 13.3. The van der Waals surface area contributed by atoms with Gasteiger partial charge >= 0.3 is 0 Å². The predicted molar refractivity (Wildman–Crippen MR) is 68.4 cm³/mol. The number of hydrogen-bond acceptors (Lipinski definition) is 4. The van der Waals surface area contributed by atoms with E-state index in [-0.39, 0.29) is 18.1 Å². The first kappa shape index (κ1) is 12.3. The average Bonchev–Trinajstić information content (AvgIpc) is 3.04. The third-order valence-corrected chi connectivity index (χ3v) is 3.61. The first-order valence-corrected chi connectivity index (χ1v) is 6.42. The lowest BCUT2D eigenvalue weighted by Crippen LogP contribution is -2.36. The number of carbonyl (C=O) groups excluding carboxylic acids is 1. The second-order valence-electron chi connectivity index (χ2n) is 5.36. The number of carbonyl (C=O) groups is 1. The van der Waals surface area contributed by atoms with Crippen molar-refractivity contribution in [1.82, 2.24) is 5.32 Å². The lowest BCUT2D eigenvalue weighted by Gasteiger charge is -2.21. The Morgan fingerprint density at radius 3 is 3.00 bits per heavy atom. The van der Waals surface area contributed by atoms with Gasteiger partial charge in [-0.15, -0.1) is 0 Å². The van der Waals surface area contributed by atoms with Crippen LogP contribution in [0.2, 0.25) is 0 Å². The molecule has 1 N–H and O–H groups in total. The molecule has 2 aliphatic heterocycles. The van der Waals surface area contributed by atoms with E-state index in [9.17, 15) is 4.79 Å². The van der Waals surface area contributed by atoms with Crippen LogP contribution < -0.4 is 14.8 Å². The molecule has 0 saturated carbocycles. The highest BCUT2D eigenvalue weighted by atomic mass is 16.7. The van der Waals surface area contributed by atoms with Gasteiger partial charge in [-0.1, -0.05) is 6.92 Å². The van der Waals surface area contributed by atoms with E-state index in [0.29, 0.717) is 30.2 Å². The normalized spacial score (nSPS) is 24.5. The lowest BCUT2D eigenvalue weighted by atomic mass is 9.90. The summed E-state index contributed by atoms with van der Waals surface area (Å²) < 4.78 is 15.9. The van der Waals surface area contributed by atoms with Crippen molar-refractivity contribution in [1.29, 1.82) is 0 Å². The van der Waals surface area contributed by atoms with E-state index >= 15 is 0 Å². The van der Waals surface area contributed by atoms with Crippen LogP contribution >= 0.6 is 0 Å². The largest absolute Gasteiger partial charge is 0.454 e. The molecule has 0 unspecified atom stereocenters. The molecule has 1 saturated heterocycles. The maximum Gasteiger partial charge on any atom is 0.251 e. The van der Waals surface area contributed by atoms with Gasteiger partial charge in [-0.05, 0) is 24.6 Å². The van der Waals surface area contributed by atoms with Crippen LogP contribution in [0.15, 0.2) is 18.2 Å². The second kappa shape index (κ2) is 4.74. The van der Waals surface area contributed by atoms with Crippen LogP contribution in [-0.4, -0.2) is 32.5 Å². The highest BCUT2D eigenvalue weighted by Crippen LogP contribution is 2.32. The van der Waals surface area contributed by atoms with E-state index in [1.807, 2.05) is 0 Å². The van der Waals surface area contributed by atoms with Crippen LogP contribution in [0.25, 0.3) is 0 Å². The maximum absolute atomic E-state index is 12.1. The number of hydrogen-bond donors (Lipinski definition) is 1. The molecule has 0 spiro atoms. The molecule has 5 heteroatoms. The van der Waals surface area contributed by atoms with Crippen molar-refractivity contribution in [2.75, 3.05) is 26.6 Å². The highest BCUT2D eigenvalue weighted by molar-refractivity contribution is 5.94. The molecule has 1 fully saturated rings. The van der Waals surface area contributed by atoms with Gasteiger partial charge < -0.3 is 19.5 Å². The monoisotopic (exact) mass is 263 g/mol. The minimum absolute atomic E-state index is 0.0476. The van der Waals surface area contributed by atoms with Crippen molar-refractivity contribution < 1.29 is 19.0 Å². The van der Waals surface area contributed by atoms with E-state index < -0.39 is 0 Å². The molecule has 1 atom stereocenters. The van der Waals surface area contributed by atoms with Gasteiger partial charge in [0, 0.05) is 24.1 Å². The van der Waals surface area contributed by atoms with Gasteiger partial charge in [0.15, 0.2) is 11.5 Å².